The third kappa shape index (κ3) is 3.11. The summed E-state index contributed by atoms with van der Waals surface area (Å²) in [5.74, 6) is -0.310. The number of hydrogen-bond acceptors (Lipinski definition) is 4. The Balaban J connectivity index is 1.64. The van der Waals surface area contributed by atoms with E-state index in [1.807, 2.05) is 0 Å². The van der Waals surface area contributed by atoms with Gasteiger partial charge in [-0.05, 0) is 47.5 Å². The fourth-order valence-corrected chi connectivity index (χ4v) is 3.88. The number of alkyl halides is 3. The molecular formula is C24H15F3N2O3. The molecule has 0 radical (unpaired) electrons. The van der Waals surface area contributed by atoms with Crippen LogP contribution in [0.5, 0.6) is 11.5 Å². The van der Waals surface area contributed by atoms with Gasteiger partial charge < -0.3 is 14.4 Å². The number of ether oxygens (including phenoxy) is 1. The number of phenolic OH excluding ortho intramolecular Hbond substituents is 1. The second-order valence-electron chi connectivity index (χ2n) is 7.42. The van der Waals surface area contributed by atoms with Gasteiger partial charge in [0.1, 0.15) is 22.7 Å². The molecule has 0 aliphatic carbocycles. The number of phenols is 1. The fraction of sp³-hybridized carbons (Fsp3) is 0.0833. The molecule has 5 rings (SSSR count). The number of allylic oxidation sites excluding steroid dienone is 1. The standard InChI is InChI=1S/C24H15F3N2O3/c1-29-12-14(11-19-22(31)21-17(30)3-2-4-18(21)32-19)20-16(9-10-28-23(20)29)13-5-7-15(8-6-13)24(25,26)27/h2-12,30H,1H3. The first-order valence-corrected chi connectivity index (χ1v) is 9.62. The van der Waals surface area contributed by atoms with E-state index in [0.717, 1.165) is 12.1 Å². The van der Waals surface area contributed by atoms with Crippen LogP contribution in [-0.2, 0) is 13.2 Å². The highest BCUT2D eigenvalue weighted by Crippen LogP contribution is 2.39. The van der Waals surface area contributed by atoms with Gasteiger partial charge in [0.15, 0.2) is 5.76 Å². The first-order chi connectivity index (χ1) is 15.2. The highest BCUT2D eigenvalue weighted by Gasteiger charge is 2.31. The molecule has 0 amide bonds. The Hall–Kier alpha value is -4.07. The Morgan fingerprint density at radius 2 is 1.84 bits per heavy atom. The Kier molecular flexibility index (Phi) is 4.33. The summed E-state index contributed by atoms with van der Waals surface area (Å²) in [7, 11) is 1.78. The molecule has 32 heavy (non-hydrogen) atoms. The number of Topliss-reactive ketones (excluding diaryl/α,β-unsaturated/α-hetero) is 1. The number of hydrogen-bond donors (Lipinski definition) is 1. The summed E-state index contributed by atoms with van der Waals surface area (Å²) < 4.78 is 46.3. The zero-order chi connectivity index (χ0) is 22.6. The predicted molar refractivity (Wildman–Crippen MR) is 112 cm³/mol. The highest BCUT2D eigenvalue weighted by atomic mass is 19.4. The number of pyridine rings is 1. The van der Waals surface area contributed by atoms with Gasteiger partial charge in [-0.15, -0.1) is 0 Å². The van der Waals surface area contributed by atoms with E-state index in [9.17, 15) is 23.1 Å². The van der Waals surface area contributed by atoms with Crippen LogP contribution >= 0.6 is 0 Å². The molecule has 0 unspecified atom stereocenters. The molecule has 2 aromatic carbocycles. The maximum atomic E-state index is 13.0. The van der Waals surface area contributed by atoms with Crippen LogP contribution in [0.15, 0.2) is 66.7 Å². The van der Waals surface area contributed by atoms with Gasteiger partial charge in [0.2, 0.25) is 5.78 Å². The summed E-state index contributed by atoms with van der Waals surface area (Å²) in [6.07, 6.45) is 0.476. The summed E-state index contributed by atoms with van der Waals surface area (Å²) in [5, 5.41) is 10.7. The van der Waals surface area contributed by atoms with Gasteiger partial charge in [0.25, 0.3) is 0 Å². The second-order valence-corrected chi connectivity index (χ2v) is 7.42. The van der Waals surface area contributed by atoms with E-state index in [4.69, 9.17) is 4.74 Å². The number of carbonyl (C=O) groups is 1. The molecule has 0 spiro atoms. The predicted octanol–water partition coefficient (Wildman–Crippen LogP) is 5.58. The monoisotopic (exact) mass is 436 g/mol. The second kappa shape index (κ2) is 6.98. The zero-order valence-corrected chi connectivity index (χ0v) is 16.6. The van der Waals surface area contributed by atoms with Crippen LogP contribution in [0.3, 0.4) is 0 Å². The number of fused-ring (bicyclic) bond motifs is 2. The fourth-order valence-electron chi connectivity index (χ4n) is 3.88. The van der Waals surface area contributed by atoms with Crippen LogP contribution in [-0.4, -0.2) is 20.4 Å². The SMILES string of the molecule is Cn1cc(C=C2Oc3cccc(O)c3C2=O)c2c(-c3ccc(C(F)(F)F)cc3)ccnc21. The molecule has 160 valence electrons. The zero-order valence-electron chi connectivity index (χ0n) is 16.6. The number of aryl methyl sites for hydroxylation is 1. The maximum absolute atomic E-state index is 13.0. The molecule has 1 aliphatic heterocycles. The molecule has 3 heterocycles. The minimum atomic E-state index is -4.42. The Bertz CT molecular complexity index is 1420. The third-order valence-corrected chi connectivity index (χ3v) is 5.37. The van der Waals surface area contributed by atoms with Crippen LogP contribution in [0.4, 0.5) is 13.2 Å². The average molecular weight is 436 g/mol. The molecule has 1 aliphatic rings. The molecule has 0 fully saturated rings. The number of carbonyl (C=O) groups excluding carboxylic acids is 1. The molecular weight excluding hydrogens is 421 g/mol. The highest BCUT2D eigenvalue weighted by molar-refractivity contribution is 6.17. The Morgan fingerprint density at radius 1 is 1.09 bits per heavy atom. The smallest absolute Gasteiger partial charge is 0.416 e. The Labute approximate surface area is 180 Å². The van der Waals surface area contributed by atoms with E-state index in [-0.39, 0.29) is 22.8 Å². The third-order valence-electron chi connectivity index (χ3n) is 5.37. The number of nitrogens with zero attached hydrogens (tertiary/aromatic N) is 2. The quantitative estimate of drug-likeness (QED) is 0.417. The molecule has 5 nitrogen and oxygen atoms in total. The topological polar surface area (TPSA) is 64.3 Å². The summed E-state index contributed by atoms with van der Waals surface area (Å²) in [6.45, 7) is 0. The van der Waals surface area contributed by atoms with Crippen molar-refractivity contribution in [2.45, 2.75) is 6.18 Å². The lowest BCUT2D eigenvalue weighted by molar-refractivity contribution is -0.137. The van der Waals surface area contributed by atoms with Crippen molar-refractivity contribution < 1.29 is 27.8 Å². The van der Waals surface area contributed by atoms with E-state index in [0.29, 0.717) is 27.7 Å². The Morgan fingerprint density at radius 3 is 2.53 bits per heavy atom. The number of ketones is 1. The minimum absolute atomic E-state index is 0.0382. The van der Waals surface area contributed by atoms with Crippen LogP contribution in [0, 0.1) is 0 Å². The lowest BCUT2D eigenvalue weighted by atomic mass is 9.99. The van der Waals surface area contributed by atoms with E-state index in [1.54, 1.807) is 48.3 Å². The molecule has 0 bridgehead atoms. The summed E-state index contributed by atoms with van der Waals surface area (Å²) >= 11 is 0. The van der Waals surface area contributed by atoms with Crippen molar-refractivity contribution in [2.24, 2.45) is 7.05 Å². The van der Waals surface area contributed by atoms with E-state index in [2.05, 4.69) is 4.98 Å². The van der Waals surface area contributed by atoms with Gasteiger partial charge >= 0.3 is 6.18 Å². The molecule has 8 heteroatoms. The van der Waals surface area contributed by atoms with Crippen molar-refractivity contribution in [3.05, 3.63) is 83.4 Å². The van der Waals surface area contributed by atoms with Gasteiger partial charge in [-0.3, -0.25) is 4.79 Å². The number of benzene rings is 2. The molecule has 0 saturated carbocycles. The molecule has 2 aromatic heterocycles. The molecule has 1 N–H and O–H groups in total. The van der Waals surface area contributed by atoms with Crippen LogP contribution < -0.4 is 4.74 Å². The van der Waals surface area contributed by atoms with Crippen LogP contribution in [0.1, 0.15) is 21.5 Å². The van der Waals surface area contributed by atoms with Crippen molar-refractivity contribution in [3.8, 4) is 22.6 Å². The van der Waals surface area contributed by atoms with Crippen molar-refractivity contribution in [1.82, 2.24) is 9.55 Å². The summed E-state index contributed by atoms with van der Waals surface area (Å²) in [4.78, 5) is 17.1. The lowest BCUT2D eigenvalue weighted by Crippen LogP contribution is -2.04. The van der Waals surface area contributed by atoms with Crippen LogP contribution in [0.25, 0.3) is 28.2 Å². The van der Waals surface area contributed by atoms with Crippen molar-refractivity contribution >= 4 is 22.9 Å². The molecule has 0 saturated heterocycles. The largest absolute Gasteiger partial charge is 0.507 e. The van der Waals surface area contributed by atoms with Gasteiger partial charge in [-0.2, -0.15) is 13.2 Å². The molecule has 4 aromatic rings. The van der Waals surface area contributed by atoms with Gasteiger partial charge in [-0.1, -0.05) is 18.2 Å². The number of aromatic nitrogens is 2. The minimum Gasteiger partial charge on any atom is -0.507 e. The lowest BCUT2D eigenvalue weighted by Gasteiger charge is -2.09. The normalized spacial score (nSPS) is 14.8. The average Bonchev–Trinajstić information content (AvgIpc) is 3.25. The summed E-state index contributed by atoms with van der Waals surface area (Å²) in [5.41, 5.74) is 1.82. The van der Waals surface area contributed by atoms with Gasteiger partial charge in [-0.25, -0.2) is 4.98 Å². The first kappa shape index (κ1) is 19.9. The van der Waals surface area contributed by atoms with Crippen LogP contribution in [0.2, 0.25) is 0 Å². The number of aromatic hydroxyl groups is 1. The van der Waals surface area contributed by atoms with E-state index in [1.165, 1.54) is 18.2 Å². The molecule has 0 atom stereocenters. The first-order valence-electron chi connectivity index (χ1n) is 9.62. The van der Waals surface area contributed by atoms with Gasteiger partial charge in [0, 0.05) is 30.4 Å². The van der Waals surface area contributed by atoms with E-state index < -0.39 is 17.5 Å². The van der Waals surface area contributed by atoms with Gasteiger partial charge in [0.05, 0.1) is 5.56 Å². The number of rotatable bonds is 2. The van der Waals surface area contributed by atoms with Crippen molar-refractivity contribution in [2.75, 3.05) is 0 Å². The van der Waals surface area contributed by atoms with Crippen molar-refractivity contribution in [3.63, 3.8) is 0 Å². The van der Waals surface area contributed by atoms with Crippen molar-refractivity contribution in [1.29, 1.82) is 0 Å². The van der Waals surface area contributed by atoms with E-state index >= 15 is 0 Å². The maximum Gasteiger partial charge on any atom is 0.416 e. The summed E-state index contributed by atoms with van der Waals surface area (Å²) in [6, 6.07) is 11.2. The number of halogens is 3.